The monoisotopic (exact) mass is 240 g/mol. The van der Waals surface area contributed by atoms with Gasteiger partial charge in [-0.1, -0.05) is 17.7 Å². The third kappa shape index (κ3) is 1.39. The minimum atomic E-state index is -0.911. The second kappa shape index (κ2) is 3.39. The molecule has 0 aromatic heterocycles. The smallest absolute Gasteiger partial charge is 0.314 e. The van der Waals surface area contributed by atoms with Crippen LogP contribution in [0.15, 0.2) is 6.07 Å². The number of carboxylic acids is 1. The van der Waals surface area contributed by atoms with E-state index in [1.54, 1.807) is 6.07 Å². The summed E-state index contributed by atoms with van der Waals surface area (Å²) in [7, 11) is 0. The summed E-state index contributed by atoms with van der Waals surface area (Å²) in [5.74, 6) is -0.966. The maximum atomic E-state index is 11.2. The molecule has 1 aromatic carbocycles. The lowest BCUT2D eigenvalue weighted by Gasteiger charge is -2.16. The molecule has 1 aliphatic carbocycles. The van der Waals surface area contributed by atoms with Gasteiger partial charge in [-0.15, -0.1) is 0 Å². The van der Waals surface area contributed by atoms with E-state index in [-0.39, 0.29) is 10.8 Å². The highest BCUT2D eigenvalue weighted by molar-refractivity contribution is 6.33. The predicted octanol–water partition coefficient (Wildman–Crippen LogP) is 2.78. The highest BCUT2D eigenvalue weighted by Gasteiger charge is 2.53. The lowest BCUT2D eigenvalue weighted by molar-refractivity contribution is -0.140. The number of carbonyl (C=O) groups is 1. The number of benzene rings is 1. The Morgan fingerprint density at radius 2 is 2.00 bits per heavy atom. The summed E-state index contributed by atoms with van der Waals surface area (Å²) >= 11 is 5.98. The first-order chi connectivity index (χ1) is 7.40. The van der Waals surface area contributed by atoms with E-state index in [9.17, 15) is 15.0 Å². The van der Waals surface area contributed by atoms with Crippen molar-refractivity contribution in [2.75, 3.05) is 0 Å². The summed E-state index contributed by atoms with van der Waals surface area (Å²) in [6, 6.07) is 1.73. The minimum Gasteiger partial charge on any atom is -0.506 e. The van der Waals surface area contributed by atoms with E-state index in [0.717, 1.165) is 11.1 Å². The minimum absolute atomic E-state index is 0.0790. The molecule has 3 nitrogen and oxygen atoms in total. The molecule has 1 saturated carbocycles. The molecule has 0 spiro atoms. The van der Waals surface area contributed by atoms with E-state index >= 15 is 0 Å². The number of aryl methyl sites for hydroxylation is 1. The first-order valence-electron chi connectivity index (χ1n) is 5.12. The van der Waals surface area contributed by atoms with Crippen molar-refractivity contribution in [1.82, 2.24) is 0 Å². The summed E-state index contributed by atoms with van der Waals surface area (Å²) in [5.41, 5.74) is 1.24. The highest BCUT2D eigenvalue weighted by Crippen LogP contribution is 2.53. The van der Waals surface area contributed by atoms with Gasteiger partial charge in [0.1, 0.15) is 5.75 Å². The van der Waals surface area contributed by atoms with Crippen molar-refractivity contribution in [2.45, 2.75) is 32.1 Å². The van der Waals surface area contributed by atoms with E-state index < -0.39 is 11.4 Å². The standard InChI is InChI=1S/C12H13ClO3/c1-6-5-8(10(14)9(13)7(6)2)12(3-4-12)11(15)16/h5,14H,3-4H2,1-2H3,(H,15,16). The van der Waals surface area contributed by atoms with Crippen LogP contribution in [0.3, 0.4) is 0 Å². The number of hydrogen-bond donors (Lipinski definition) is 2. The molecule has 4 heteroatoms. The molecule has 2 N–H and O–H groups in total. The Morgan fingerprint density at radius 1 is 1.44 bits per heavy atom. The van der Waals surface area contributed by atoms with Crippen molar-refractivity contribution < 1.29 is 15.0 Å². The fraction of sp³-hybridized carbons (Fsp3) is 0.417. The Kier molecular flexibility index (Phi) is 2.39. The van der Waals surface area contributed by atoms with E-state index in [1.165, 1.54) is 0 Å². The molecule has 0 bridgehead atoms. The first kappa shape index (κ1) is 11.3. The maximum Gasteiger partial charge on any atom is 0.314 e. The van der Waals surface area contributed by atoms with Crippen LogP contribution in [0.2, 0.25) is 5.02 Å². The number of rotatable bonds is 2. The van der Waals surface area contributed by atoms with Gasteiger partial charge >= 0.3 is 5.97 Å². The molecule has 0 aliphatic heterocycles. The Balaban J connectivity index is 2.63. The van der Waals surface area contributed by atoms with Crippen LogP contribution in [0.25, 0.3) is 0 Å². The van der Waals surface area contributed by atoms with Gasteiger partial charge in [0.05, 0.1) is 10.4 Å². The van der Waals surface area contributed by atoms with Gasteiger partial charge in [-0.3, -0.25) is 4.79 Å². The molecule has 0 radical (unpaired) electrons. The lowest BCUT2D eigenvalue weighted by atomic mass is 9.92. The van der Waals surface area contributed by atoms with Crippen LogP contribution >= 0.6 is 11.6 Å². The van der Waals surface area contributed by atoms with Crippen LogP contribution in [-0.4, -0.2) is 16.2 Å². The largest absolute Gasteiger partial charge is 0.506 e. The number of hydrogen-bond acceptors (Lipinski definition) is 2. The predicted molar refractivity (Wildman–Crippen MR) is 61.1 cm³/mol. The average molecular weight is 241 g/mol. The Morgan fingerprint density at radius 3 is 2.44 bits per heavy atom. The van der Waals surface area contributed by atoms with Crippen molar-refractivity contribution in [3.63, 3.8) is 0 Å². The number of aromatic hydroxyl groups is 1. The summed E-state index contributed by atoms with van der Waals surface area (Å²) < 4.78 is 0. The number of phenols is 1. The van der Waals surface area contributed by atoms with Gasteiger partial charge in [-0.2, -0.15) is 0 Å². The SMILES string of the molecule is Cc1cc(C2(C(=O)O)CC2)c(O)c(Cl)c1C. The molecule has 86 valence electrons. The van der Waals surface area contributed by atoms with Gasteiger partial charge in [-0.25, -0.2) is 0 Å². The van der Waals surface area contributed by atoms with Crippen molar-refractivity contribution in [3.8, 4) is 5.75 Å². The molecule has 0 amide bonds. The molecule has 2 rings (SSSR count). The topological polar surface area (TPSA) is 57.5 Å². The van der Waals surface area contributed by atoms with Crippen LogP contribution in [-0.2, 0) is 10.2 Å². The second-order valence-corrected chi connectivity index (χ2v) is 4.79. The van der Waals surface area contributed by atoms with Gasteiger partial charge in [0.15, 0.2) is 0 Å². The third-order valence-electron chi connectivity index (χ3n) is 3.42. The van der Waals surface area contributed by atoms with E-state index in [2.05, 4.69) is 0 Å². The Labute approximate surface area is 98.7 Å². The van der Waals surface area contributed by atoms with Gasteiger partial charge in [0, 0.05) is 5.56 Å². The maximum absolute atomic E-state index is 11.2. The highest BCUT2D eigenvalue weighted by atomic mass is 35.5. The van der Waals surface area contributed by atoms with E-state index in [4.69, 9.17) is 11.6 Å². The number of phenolic OH excluding ortho intramolecular Hbond substituents is 1. The Hall–Kier alpha value is -1.22. The van der Waals surface area contributed by atoms with E-state index in [0.29, 0.717) is 18.4 Å². The molecule has 0 unspecified atom stereocenters. The molecular weight excluding hydrogens is 228 g/mol. The summed E-state index contributed by atoms with van der Waals surface area (Å²) in [4.78, 5) is 11.2. The second-order valence-electron chi connectivity index (χ2n) is 4.42. The molecule has 0 atom stereocenters. The molecule has 1 fully saturated rings. The van der Waals surface area contributed by atoms with Crippen molar-refractivity contribution in [3.05, 3.63) is 27.8 Å². The zero-order valence-corrected chi connectivity index (χ0v) is 9.93. The molecule has 1 aromatic rings. The molecule has 16 heavy (non-hydrogen) atoms. The van der Waals surface area contributed by atoms with Crippen molar-refractivity contribution in [2.24, 2.45) is 0 Å². The fourth-order valence-electron chi connectivity index (χ4n) is 1.95. The van der Waals surface area contributed by atoms with Crippen molar-refractivity contribution in [1.29, 1.82) is 0 Å². The van der Waals surface area contributed by atoms with Crippen LogP contribution in [0.5, 0.6) is 5.75 Å². The van der Waals surface area contributed by atoms with Gasteiger partial charge < -0.3 is 10.2 Å². The van der Waals surface area contributed by atoms with Gasteiger partial charge in [-0.05, 0) is 37.8 Å². The average Bonchev–Trinajstić information content (AvgIpc) is 3.01. The Bertz CT molecular complexity index is 476. The van der Waals surface area contributed by atoms with Gasteiger partial charge in [0.25, 0.3) is 0 Å². The molecule has 0 heterocycles. The van der Waals surface area contributed by atoms with Crippen molar-refractivity contribution >= 4 is 17.6 Å². The number of aliphatic carboxylic acids is 1. The molecule has 0 saturated heterocycles. The van der Waals surface area contributed by atoms with Crippen LogP contribution in [0, 0.1) is 13.8 Å². The quantitative estimate of drug-likeness (QED) is 0.836. The normalized spacial score (nSPS) is 17.2. The van der Waals surface area contributed by atoms with Gasteiger partial charge in [0.2, 0.25) is 0 Å². The van der Waals surface area contributed by atoms with Crippen LogP contribution < -0.4 is 0 Å². The first-order valence-corrected chi connectivity index (χ1v) is 5.50. The summed E-state index contributed by atoms with van der Waals surface area (Å²) in [6.45, 7) is 3.67. The summed E-state index contributed by atoms with van der Waals surface area (Å²) in [5, 5.41) is 19.4. The number of halogens is 1. The third-order valence-corrected chi connectivity index (χ3v) is 3.88. The fourth-order valence-corrected chi connectivity index (χ4v) is 2.20. The lowest BCUT2D eigenvalue weighted by Crippen LogP contribution is -2.20. The zero-order chi connectivity index (χ0) is 12.1. The van der Waals surface area contributed by atoms with E-state index in [1.807, 2.05) is 13.8 Å². The zero-order valence-electron chi connectivity index (χ0n) is 9.17. The molecular formula is C12H13ClO3. The van der Waals surface area contributed by atoms with Crippen LogP contribution in [0.4, 0.5) is 0 Å². The van der Waals surface area contributed by atoms with Crippen LogP contribution in [0.1, 0.15) is 29.5 Å². The number of carboxylic acid groups (broad SMARTS) is 1. The summed E-state index contributed by atoms with van der Waals surface area (Å²) in [6.07, 6.45) is 1.13. The molecule has 1 aliphatic rings.